The van der Waals surface area contributed by atoms with Crippen LogP contribution in [-0.4, -0.2) is 64.2 Å². The first-order valence-electron chi connectivity index (χ1n) is 12.2. The fraction of sp³-hybridized carbons (Fsp3) is 0.444. The molecular weight excluding hydrogens is 464 g/mol. The number of fused-ring (bicyclic) bond motifs is 5. The zero-order valence-electron chi connectivity index (χ0n) is 19.6. The van der Waals surface area contributed by atoms with Crippen LogP contribution in [0.2, 0.25) is 0 Å². The molecule has 3 aliphatic rings. The summed E-state index contributed by atoms with van der Waals surface area (Å²) in [6.07, 6.45) is 2.92. The number of carboxylic acid groups (broad SMARTS) is 1. The molecule has 0 radical (unpaired) electrons. The molecule has 2 saturated heterocycles. The largest absolute Gasteiger partial charge is 0.481 e. The molecule has 2 bridgehead atoms. The van der Waals surface area contributed by atoms with E-state index < -0.39 is 17.6 Å². The molecule has 0 saturated carbocycles. The lowest BCUT2D eigenvalue weighted by Crippen LogP contribution is -2.47. The third-order valence-electron chi connectivity index (χ3n) is 7.60. The van der Waals surface area contributed by atoms with E-state index in [1.165, 1.54) is 34.0 Å². The number of hydrogen-bond donors (Lipinski definition) is 2. The summed E-state index contributed by atoms with van der Waals surface area (Å²) in [6, 6.07) is 16.6. The minimum absolute atomic E-state index is 0.0115. The molecule has 0 aromatic heterocycles. The van der Waals surface area contributed by atoms with Gasteiger partial charge >= 0.3 is 12.1 Å². The van der Waals surface area contributed by atoms with E-state index in [0.717, 1.165) is 25.7 Å². The van der Waals surface area contributed by atoms with Crippen LogP contribution in [0.1, 0.15) is 49.1 Å². The first-order valence-corrected chi connectivity index (χ1v) is 13.3. The van der Waals surface area contributed by atoms with Crippen molar-refractivity contribution in [3.63, 3.8) is 0 Å². The summed E-state index contributed by atoms with van der Waals surface area (Å²) in [7, 11) is 0. The number of hydrogen-bond acceptors (Lipinski definition) is 5. The molecule has 7 nitrogen and oxygen atoms in total. The highest BCUT2D eigenvalue weighted by atomic mass is 32.2. The van der Waals surface area contributed by atoms with Crippen LogP contribution in [0.25, 0.3) is 11.1 Å². The van der Waals surface area contributed by atoms with Gasteiger partial charge in [-0.05, 0) is 47.9 Å². The molecule has 2 fully saturated rings. The van der Waals surface area contributed by atoms with Gasteiger partial charge in [0.15, 0.2) is 0 Å². The van der Waals surface area contributed by atoms with Crippen LogP contribution in [0.3, 0.4) is 0 Å². The van der Waals surface area contributed by atoms with E-state index in [4.69, 9.17) is 4.74 Å². The first kappa shape index (κ1) is 23.7. The Balaban J connectivity index is 1.05. The fourth-order valence-electron chi connectivity index (χ4n) is 6.14. The van der Waals surface area contributed by atoms with Gasteiger partial charge in [-0.15, -0.1) is 0 Å². The van der Waals surface area contributed by atoms with Gasteiger partial charge in [0.1, 0.15) is 6.61 Å². The van der Waals surface area contributed by atoms with Gasteiger partial charge in [-0.1, -0.05) is 48.5 Å². The Bertz CT molecular complexity index is 1080. The molecule has 184 valence electrons. The second-order valence-corrected chi connectivity index (χ2v) is 10.7. The number of nitrogens with one attached hydrogen (secondary N) is 1. The summed E-state index contributed by atoms with van der Waals surface area (Å²) in [4.78, 5) is 38.3. The van der Waals surface area contributed by atoms with Crippen molar-refractivity contribution < 1.29 is 24.2 Å². The molecule has 2 aliphatic heterocycles. The molecule has 1 aliphatic carbocycles. The Morgan fingerprint density at radius 2 is 1.66 bits per heavy atom. The van der Waals surface area contributed by atoms with Crippen molar-refractivity contribution in [1.82, 2.24) is 10.2 Å². The van der Waals surface area contributed by atoms with Gasteiger partial charge in [0.25, 0.3) is 0 Å². The Hall–Kier alpha value is -3.00. The molecular formula is C27H30N2O5S. The molecule has 2 aromatic carbocycles. The maximum Gasteiger partial charge on any atom is 0.407 e. The van der Waals surface area contributed by atoms with Gasteiger partial charge in [-0.25, -0.2) is 4.79 Å². The van der Waals surface area contributed by atoms with E-state index in [0.29, 0.717) is 18.1 Å². The van der Waals surface area contributed by atoms with Gasteiger partial charge in [0.2, 0.25) is 5.91 Å². The fourth-order valence-corrected chi connectivity index (χ4v) is 6.85. The van der Waals surface area contributed by atoms with Crippen LogP contribution in [0.5, 0.6) is 0 Å². The molecule has 2 N–H and O–H groups in total. The third-order valence-corrected chi connectivity index (χ3v) is 8.54. The molecule has 0 atom stereocenters. The number of nitrogens with zero attached hydrogens (tertiary/aromatic N) is 1. The molecule has 2 heterocycles. The lowest BCUT2D eigenvalue weighted by atomic mass is 9.85. The predicted molar refractivity (Wildman–Crippen MR) is 134 cm³/mol. The molecule has 5 rings (SSSR count). The van der Waals surface area contributed by atoms with Crippen LogP contribution >= 0.6 is 11.8 Å². The number of carbonyl (C=O) groups is 3. The SMILES string of the molecule is O=C(O)CC12CCC(CC1)N2C(=O)CSCCNC(=O)OCC1c2ccccc2-c2ccccc21. The number of rotatable bonds is 9. The summed E-state index contributed by atoms with van der Waals surface area (Å²) < 4.78 is 5.55. The van der Waals surface area contributed by atoms with Crippen molar-refractivity contribution in [2.45, 2.75) is 49.6 Å². The van der Waals surface area contributed by atoms with Crippen LogP contribution in [0, 0.1) is 0 Å². The Morgan fingerprint density at radius 1 is 1.03 bits per heavy atom. The van der Waals surface area contributed by atoms with Gasteiger partial charge in [-0.2, -0.15) is 11.8 Å². The highest BCUT2D eigenvalue weighted by molar-refractivity contribution is 7.99. The number of alkyl carbamates (subject to hydrolysis) is 1. The highest BCUT2D eigenvalue weighted by Gasteiger charge is 2.54. The molecule has 8 heteroatoms. The smallest absolute Gasteiger partial charge is 0.407 e. The highest BCUT2D eigenvalue weighted by Crippen LogP contribution is 2.48. The molecule has 2 amide bonds. The maximum absolute atomic E-state index is 12.8. The number of carboxylic acids is 1. The number of amides is 2. The van der Waals surface area contributed by atoms with Crippen molar-refractivity contribution in [1.29, 1.82) is 0 Å². The molecule has 0 unspecified atom stereocenters. The zero-order valence-corrected chi connectivity index (χ0v) is 20.4. The average molecular weight is 495 g/mol. The first-order chi connectivity index (χ1) is 17.0. The van der Waals surface area contributed by atoms with Gasteiger partial charge in [0.05, 0.1) is 17.7 Å². The van der Waals surface area contributed by atoms with Gasteiger partial charge in [0, 0.05) is 24.3 Å². The lowest BCUT2D eigenvalue weighted by Gasteiger charge is -2.33. The summed E-state index contributed by atoms with van der Waals surface area (Å²) in [5.74, 6) is 0.0710. The van der Waals surface area contributed by atoms with E-state index in [1.807, 2.05) is 29.2 Å². The monoisotopic (exact) mass is 494 g/mol. The average Bonchev–Trinajstić information content (AvgIpc) is 3.49. The van der Waals surface area contributed by atoms with E-state index >= 15 is 0 Å². The van der Waals surface area contributed by atoms with E-state index in [9.17, 15) is 19.5 Å². The Kier molecular flexibility index (Phi) is 6.73. The van der Waals surface area contributed by atoms with Crippen molar-refractivity contribution in [3.8, 4) is 11.1 Å². The lowest BCUT2D eigenvalue weighted by molar-refractivity contribution is -0.142. The number of carbonyl (C=O) groups excluding carboxylic acids is 2. The number of thioether (sulfide) groups is 1. The number of benzene rings is 2. The second kappa shape index (κ2) is 9.93. The normalized spacial score (nSPS) is 22.1. The van der Waals surface area contributed by atoms with E-state index in [-0.39, 0.29) is 30.9 Å². The summed E-state index contributed by atoms with van der Waals surface area (Å²) >= 11 is 1.46. The number of ether oxygens (including phenoxy) is 1. The topological polar surface area (TPSA) is 95.9 Å². The maximum atomic E-state index is 12.8. The molecule has 2 aromatic rings. The summed E-state index contributed by atoms with van der Waals surface area (Å²) in [5.41, 5.74) is 4.23. The second-order valence-electron chi connectivity index (χ2n) is 9.59. The van der Waals surface area contributed by atoms with Crippen molar-refractivity contribution >= 4 is 29.7 Å². The summed E-state index contributed by atoms with van der Waals surface area (Å²) in [6.45, 7) is 0.672. The van der Waals surface area contributed by atoms with E-state index in [2.05, 4.69) is 29.6 Å². The standard InChI is InChI=1S/C27H30N2O5S/c30-24(29-18-9-11-27(29,12-10-18)15-25(31)32)17-35-14-13-28-26(33)34-16-23-21-7-3-1-5-19(21)20-6-2-4-8-22(20)23/h1-8,18,23H,9-17H2,(H,28,33)(H,31,32). The van der Waals surface area contributed by atoms with Crippen LogP contribution in [0.15, 0.2) is 48.5 Å². The minimum atomic E-state index is -0.842. The zero-order chi connectivity index (χ0) is 24.4. The van der Waals surface area contributed by atoms with E-state index in [1.54, 1.807) is 0 Å². The quantitative estimate of drug-likeness (QED) is 0.506. The van der Waals surface area contributed by atoms with Crippen molar-refractivity contribution in [2.75, 3.05) is 24.7 Å². The Labute approximate surface area is 209 Å². The van der Waals surface area contributed by atoms with Crippen LogP contribution in [-0.2, 0) is 14.3 Å². The minimum Gasteiger partial charge on any atom is -0.481 e. The van der Waals surface area contributed by atoms with Gasteiger partial charge in [-0.3, -0.25) is 9.59 Å². The van der Waals surface area contributed by atoms with Crippen molar-refractivity contribution in [3.05, 3.63) is 59.7 Å². The van der Waals surface area contributed by atoms with Crippen LogP contribution in [0.4, 0.5) is 4.79 Å². The predicted octanol–water partition coefficient (Wildman–Crippen LogP) is 4.26. The number of aliphatic carboxylic acids is 1. The van der Waals surface area contributed by atoms with Crippen molar-refractivity contribution in [2.24, 2.45) is 0 Å². The molecule has 0 spiro atoms. The molecule has 35 heavy (non-hydrogen) atoms. The Morgan fingerprint density at radius 3 is 2.29 bits per heavy atom. The van der Waals surface area contributed by atoms with Gasteiger partial charge < -0.3 is 20.1 Å². The van der Waals surface area contributed by atoms with Crippen LogP contribution < -0.4 is 5.32 Å². The summed E-state index contributed by atoms with van der Waals surface area (Å²) in [5, 5.41) is 12.1. The third kappa shape index (κ3) is 4.63.